The summed E-state index contributed by atoms with van der Waals surface area (Å²) in [6.07, 6.45) is 3.31. The number of ether oxygens (including phenoxy) is 3. The number of alkyl halides is 3. The minimum absolute atomic E-state index is 0.211. The standard InChI is InChI=1S/C41H51F3O5/c1-4-6-8-10-12-29(3)28-47-36-23-20-31(21-24-36)30-14-16-32(17-15-30)39(45)48-37-25-22-33-26-35(19-18-34(33)27-37)40(46)49-38(41(42,43)44)13-11-9-7-5-2/h14-17,20-25,27,29,35,38H,4-13,18-19,26,28H2,1-3H3/t29-,35?,38+/m0/s1. The molecule has 0 saturated heterocycles. The first kappa shape index (κ1) is 38.0. The van der Waals surface area contributed by atoms with Crippen LogP contribution in [-0.2, 0) is 22.4 Å². The molecule has 0 bridgehead atoms. The van der Waals surface area contributed by atoms with Crippen LogP contribution in [0.5, 0.6) is 11.5 Å². The topological polar surface area (TPSA) is 61.8 Å². The van der Waals surface area contributed by atoms with Crippen LogP contribution < -0.4 is 9.47 Å². The van der Waals surface area contributed by atoms with Crippen LogP contribution in [0.4, 0.5) is 13.2 Å². The third-order valence-electron chi connectivity index (χ3n) is 9.29. The number of esters is 2. The Morgan fingerprint density at radius 1 is 0.776 bits per heavy atom. The van der Waals surface area contributed by atoms with Crippen molar-refractivity contribution >= 4 is 11.9 Å². The number of halogens is 3. The summed E-state index contributed by atoms with van der Waals surface area (Å²) in [5.41, 5.74) is 4.14. The van der Waals surface area contributed by atoms with Crippen molar-refractivity contribution in [1.82, 2.24) is 0 Å². The maximum atomic E-state index is 13.5. The minimum atomic E-state index is -4.58. The van der Waals surface area contributed by atoms with Crippen molar-refractivity contribution < 1.29 is 37.0 Å². The highest BCUT2D eigenvalue weighted by molar-refractivity contribution is 5.91. The van der Waals surface area contributed by atoms with Crippen molar-refractivity contribution in [2.45, 2.75) is 117 Å². The Labute approximate surface area is 289 Å². The number of benzene rings is 3. The van der Waals surface area contributed by atoms with Crippen molar-refractivity contribution in [3.05, 3.63) is 83.4 Å². The Balaban J connectivity index is 1.27. The second kappa shape index (κ2) is 18.8. The van der Waals surface area contributed by atoms with Crippen molar-refractivity contribution in [3.8, 4) is 22.6 Å². The summed E-state index contributed by atoms with van der Waals surface area (Å²) in [7, 11) is 0. The lowest BCUT2D eigenvalue weighted by Gasteiger charge is -2.27. The molecule has 8 heteroatoms. The number of carbonyl (C=O) groups is 2. The molecule has 1 aliphatic carbocycles. The molecule has 0 aliphatic heterocycles. The smallest absolute Gasteiger partial charge is 0.425 e. The van der Waals surface area contributed by atoms with Crippen LogP contribution in [0, 0.1) is 11.8 Å². The maximum Gasteiger partial charge on any atom is 0.425 e. The second-order valence-electron chi connectivity index (χ2n) is 13.4. The molecule has 0 amide bonds. The van der Waals surface area contributed by atoms with Gasteiger partial charge in [-0.05, 0) is 103 Å². The monoisotopic (exact) mass is 680 g/mol. The SMILES string of the molecule is CCCCCC[C@H](C)COc1ccc(-c2ccc(C(=O)Oc3ccc4c(c3)CCC(C(=O)O[C@H](CCCCCC)C(F)(F)F)C4)cc2)cc1. The molecule has 0 fully saturated rings. The molecule has 3 atom stereocenters. The van der Waals surface area contributed by atoms with Gasteiger partial charge in [-0.15, -0.1) is 0 Å². The molecule has 49 heavy (non-hydrogen) atoms. The summed E-state index contributed by atoms with van der Waals surface area (Å²) in [5, 5.41) is 0. The highest BCUT2D eigenvalue weighted by Crippen LogP contribution is 2.33. The van der Waals surface area contributed by atoms with Gasteiger partial charge >= 0.3 is 18.1 Å². The van der Waals surface area contributed by atoms with Crippen molar-refractivity contribution in [1.29, 1.82) is 0 Å². The molecular weight excluding hydrogens is 629 g/mol. The molecule has 0 N–H and O–H groups in total. The van der Waals surface area contributed by atoms with Crippen LogP contribution in [0.15, 0.2) is 66.7 Å². The predicted octanol–water partition coefficient (Wildman–Crippen LogP) is 11.1. The van der Waals surface area contributed by atoms with E-state index in [0.29, 0.717) is 49.5 Å². The number of fused-ring (bicyclic) bond motifs is 1. The van der Waals surface area contributed by atoms with E-state index in [9.17, 15) is 22.8 Å². The fraction of sp³-hybridized carbons (Fsp3) is 0.512. The molecule has 3 aromatic rings. The fourth-order valence-electron chi connectivity index (χ4n) is 6.23. The fourth-order valence-corrected chi connectivity index (χ4v) is 6.23. The zero-order chi connectivity index (χ0) is 35.2. The van der Waals surface area contributed by atoms with E-state index in [2.05, 4.69) is 13.8 Å². The molecule has 0 heterocycles. The molecule has 4 rings (SSSR count). The largest absolute Gasteiger partial charge is 0.493 e. The normalized spacial score (nSPS) is 15.6. The van der Waals surface area contributed by atoms with E-state index in [1.807, 2.05) is 43.3 Å². The Morgan fingerprint density at radius 2 is 1.39 bits per heavy atom. The summed E-state index contributed by atoms with van der Waals surface area (Å²) in [5.74, 6) is -0.200. The van der Waals surface area contributed by atoms with Gasteiger partial charge in [0.1, 0.15) is 11.5 Å². The lowest BCUT2D eigenvalue weighted by Crippen LogP contribution is -2.37. The Morgan fingerprint density at radius 3 is 2.02 bits per heavy atom. The van der Waals surface area contributed by atoms with Gasteiger partial charge in [0, 0.05) is 0 Å². The first-order valence-electron chi connectivity index (χ1n) is 18.0. The Hall–Kier alpha value is -3.81. The van der Waals surface area contributed by atoms with E-state index in [4.69, 9.17) is 14.2 Å². The van der Waals surface area contributed by atoms with Crippen LogP contribution >= 0.6 is 0 Å². The van der Waals surface area contributed by atoms with Gasteiger partial charge in [-0.2, -0.15) is 13.2 Å². The number of carbonyl (C=O) groups excluding carboxylic acids is 2. The Kier molecular flexibility index (Phi) is 14.6. The van der Waals surface area contributed by atoms with E-state index >= 15 is 0 Å². The van der Waals surface area contributed by atoms with Crippen molar-refractivity contribution in [3.63, 3.8) is 0 Å². The highest BCUT2D eigenvalue weighted by Gasteiger charge is 2.43. The minimum Gasteiger partial charge on any atom is -0.493 e. The van der Waals surface area contributed by atoms with E-state index in [1.165, 1.54) is 32.1 Å². The van der Waals surface area contributed by atoms with Gasteiger partial charge in [-0.25, -0.2) is 4.79 Å². The number of unbranched alkanes of at least 4 members (excludes halogenated alkanes) is 6. The number of rotatable bonds is 18. The van der Waals surface area contributed by atoms with Gasteiger partial charge in [-0.1, -0.05) is 96.0 Å². The molecule has 1 unspecified atom stereocenters. The highest BCUT2D eigenvalue weighted by atomic mass is 19.4. The van der Waals surface area contributed by atoms with Gasteiger partial charge in [0.25, 0.3) is 0 Å². The van der Waals surface area contributed by atoms with E-state index in [0.717, 1.165) is 40.8 Å². The van der Waals surface area contributed by atoms with Gasteiger partial charge in [0.2, 0.25) is 0 Å². The van der Waals surface area contributed by atoms with E-state index in [-0.39, 0.29) is 12.8 Å². The van der Waals surface area contributed by atoms with Gasteiger partial charge in [0.15, 0.2) is 6.10 Å². The van der Waals surface area contributed by atoms with Crippen LogP contribution in [0.1, 0.15) is 113 Å². The summed E-state index contributed by atoms with van der Waals surface area (Å²) in [6, 6.07) is 20.4. The average molecular weight is 681 g/mol. The van der Waals surface area contributed by atoms with Crippen LogP contribution in [0.3, 0.4) is 0 Å². The first-order chi connectivity index (χ1) is 23.6. The van der Waals surface area contributed by atoms with Crippen LogP contribution in [0.2, 0.25) is 0 Å². The van der Waals surface area contributed by atoms with Crippen LogP contribution in [-0.4, -0.2) is 30.8 Å². The number of hydrogen-bond donors (Lipinski definition) is 0. The Bertz CT molecular complexity index is 1470. The lowest BCUT2D eigenvalue weighted by atomic mass is 9.84. The summed E-state index contributed by atoms with van der Waals surface area (Å²) in [6.45, 7) is 7.14. The molecule has 5 nitrogen and oxygen atoms in total. The molecule has 1 aliphatic rings. The third kappa shape index (κ3) is 11.9. The van der Waals surface area contributed by atoms with E-state index in [1.54, 1.807) is 30.3 Å². The molecule has 0 saturated carbocycles. The van der Waals surface area contributed by atoms with Gasteiger partial charge in [0.05, 0.1) is 18.1 Å². The number of aryl methyl sites for hydroxylation is 1. The molecular formula is C41H51F3O5. The molecule has 0 spiro atoms. The van der Waals surface area contributed by atoms with Crippen molar-refractivity contribution in [2.24, 2.45) is 11.8 Å². The summed E-state index contributed by atoms with van der Waals surface area (Å²) < 4.78 is 57.3. The first-order valence-corrected chi connectivity index (χ1v) is 18.0. The van der Waals surface area contributed by atoms with E-state index < -0.39 is 30.1 Å². The third-order valence-corrected chi connectivity index (χ3v) is 9.29. The molecule has 0 radical (unpaired) electrons. The van der Waals surface area contributed by atoms with Gasteiger partial charge in [-0.3, -0.25) is 4.79 Å². The summed E-state index contributed by atoms with van der Waals surface area (Å²) >= 11 is 0. The second-order valence-corrected chi connectivity index (χ2v) is 13.4. The zero-order valence-electron chi connectivity index (χ0n) is 29.2. The quantitative estimate of drug-likeness (QED) is 0.0760. The molecule has 3 aromatic carbocycles. The van der Waals surface area contributed by atoms with Gasteiger partial charge < -0.3 is 14.2 Å². The molecule has 266 valence electrons. The summed E-state index contributed by atoms with van der Waals surface area (Å²) in [4.78, 5) is 25.7. The molecule has 0 aromatic heterocycles. The lowest BCUT2D eigenvalue weighted by molar-refractivity contribution is -0.225. The predicted molar refractivity (Wildman–Crippen MR) is 187 cm³/mol. The average Bonchev–Trinajstić information content (AvgIpc) is 3.10. The van der Waals surface area contributed by atoms with Crippen LogP contribution in [0.25, 0.3) is 11.1 Å². The number of hydrogen-bond acceptors (Lipinski definition) is 5. The zero-order valence-corrected chi connectivity index (χ0v) is 29.2. The van der Waals surface area contributed by atoms with Crippen molar-refractivity contribution in [2.75, 3.05) is 6.61 Å². The maximum absolute atomic E-state index is 13.5.